The van der Waals surface area contributed by atoms with Gasteiger partial charge in [-0.3, -0.25) is 0 Å². The van der Waals surface area contributed by atoms with E-state index in [-0.39, 0.29) is 6.04 Å². The molecule has 1 amide bonds. The molecular formula is C11H14N4O2. The summed E-state index contributed by atoms with van der Waals surface area (Å²) < 4.78 is 0. The molecule has 0 saturated carbocycles. The summed E-state index contributed by atoms with van der Waals surface area (Å²) in [5.41, 5.74) is 7.24. The van der Waals surface area contributed by atoms with Crippen LogP contribution in [0, 0.1) is 0 Å². The van der Waals surface area contributed by atoms with Gasteiger partial charge < -0.3 is 15.7 Å². The second kappa shape index (κ2) is 4.40. The van der Waals surface area contributed by atoms with Gasteiger partial charge in [0.15, 0.2) is 0 Å². The van der Waals surface area contributed by atoms with E-state index in [1.807, 2.05) is 13.0 Å². The highest BCUT2D eigenvalue weighted by Gasteiger charge is 2.23. The molecule has 6 heteroatoms. The molecule has 2 heterocycles. The number of rotatable bonds is 1. The van der Waals surface area contributed by atoms with Gasteiger partial charge in [-0.15, -0.1) is 10.2 Å². The van der Waals surface area contributed by atoms with Crippen molar-refractivity contribution in [2.75, 3.05) is 12.3 Å². The summed E-state index contributed by atoms with van der Waals surface area (Å²) in [5.74, 6) is 0.380. The Morgan fingerprint density at radius 3 is 2.82 bits per heavy atom. The largest absolute Gasteiger partial charge is 0.465 e. The van der Waals surface area contributed by atoms with Crippen molar-refractivity contribution in [3.63, 3.8) is 0 Å². The number of hydrogen-bond acceptors (Lipinski definition) is 4. The quantitative estimate of drug-likeness (QED) is 0.762. The van der Waals surface area contributed by atoms with Crippen LogP contribution in [-0.4, -0.2) is 38.9 Å². The van der Waals surface area contributed by atoms with Crippen LogP contribution in [0.4, 0.5) is 10.6 Å². The standard InChI is InChI=1S/C11H14N4O2/c1-7-6-8(4-5-15(7)11(16)17)9-2-3-10(12)14-13-9/h2-3,6-7H,4-5H2,1H3,(H2,12,14)(H,16,17)/t7-/m0/s1. The molecule has 2 rings (SSSR count). The molecule has 0 unspecified atom stereocenters. The summed E-state index contributed by atoms with van der Waals surface area (Å²) in [7, 11) is 0. The van der Waals surface area contributed by atoms with Crippen molar-refractivity contribution in [2.24, 2.45) is 0 Å². The molecule has 90 valence electrons. The Labute approximate surface area is 98.8 Å². The zero-order valence-corrected chi connectivity index (χ0v) is 9.50. The average Bonchev–Trinajstić information content (AvgIpc) is 2.29. The van der Waals surface area contributed by atoms with Crippen LogP contribution in [0.25, 0.3) is 5.57 Å². The average molecular weight is 234 g/mol. The predicted octanol–water partition coefficient (Wildman–Crippen LogP) is 1.21. The topological polar surface area (TPSA) is 92.3 Å². The van der Waals surface area contributed by atoms with Crippen molar-refractivity contribution in [3.8, 4) is 0 Å². The Morgan fingerprint density at radius 1 is 1.53 bits per heavy atom. The fourth-order valence-electron chi connectivity index (χ4n) is 1.91. The Bertz CT molecular complexity index is 455. The number of nitrogen functional groups attached to an aromatic ring is 1. The SMILES string of the molecule is C[C@H]1C=C(c2ccc(N)nn2)CCN1C(=O)O. The van der Waals surface area contributed by atoms with E-state index in [4.69, 9.17) is 10.8 Å². The first-order valence-electron chi connectivity index (χ1n) is 5.38. The van der Waals surface area contributed by atoms with Gasteiger partial charge in [-0.2, -0.15) is 0 Å². The summed E-state index contributed by atoms with van der Waals surface area (Å²) in [6, 6.07) is 3.35. The number of hydrogen-bond donors (Lipinski definition) is 2. The Morgan fingerprint density at radius 2 is 2.29 bits per heavy atom. The minimum atomic E-state index is -0.892. The minimum Gasteiger partial charge on any atom is -0.465 e. The van der Waals surface area contributed by atoms with Gasteiger partial charge in [0.1, 0.15) is 5.82 Å². The number of carboxylic acid groups (broad SMARTS) is 1. The number of nitrogens with zero attached hydrogens (tertiary/aromatic N) is 3. The van der Waals surface area contributed by atoms with Gasteiger partial charge in [-0.25, -0.2) is 4.79 Å². The lowest BCUT2D eigenvalue weighted by Crippen LogP contribution is -2.39. The van der Waals surface area contributed by atoms with Gasteiger partial charge >= 0.3 is 6.09 Å². The third-order valence-electron chi connectivity index (χ3n) is 2.82. The van der Waals surface area contributed by atoms with E-state index < -0.39 is 6.09 Å². The predicted molar refractivity (Wildman–Crippen MR) is 63.2 cm³/mol. The number of anilines is 1. The summed E-state index contributed by atoms with van der Waals surface area (Å²) in [5, 5.41) is 16.7. The lowest BCUT2D eigenvalue weighted by molar-refractivity contribution is 0.136. The molecular weight excluding hydrogens is 220 g/mol. The highest BCUT2D eigenvalue weighted by atomic mass is 16.4. The van der Waals surface area contributed by atoms with Gasteiger partial charge in [0.05, 0.1) is 11.7 Å². The second-order valence-electron chi connectivity index (χ2n) is 4.00. The summed E-state index contributed by atoms with van der Waals surface area (Å²) in [6.07, 6.45) is 1.66. The molecule has 0 saturated heterocycles. The van der Waals surface area contributed by atoms with Gasteiger partial charge in [-0.05, 0) is 31.1 Å². The van der Waals surface area contributed by atoms with Gasteiger partial charge in [0.25, 0.3) is 0 Å². The number of nitrogens with two attached hydrogens (primary N) is 1. The number of amides is 1. The maximum absolute atomic E-state index is 10.9. The zero-order chi connectivity index (χ0) is 12.4. The van der Waals surface area contributed by atoms with Crippen molar-refractivity contribution in [1.82, 2.24) is 15.1 Å². The molecule has 17 heavy (non-hydrogen) atoms. The maximum atomic E-state index is 10.9. The van der Waals surface area contributed by atoms with Gasteiger partial charge in [0, 0.05) is 6.54 Å². The van der Waals surface area contributed by atoms with E-state index in [9.17, 15) is 4.79 Å². The minimum absolute atomic E-state index is 0.143. The molecule has 1 aromatic heterocycles. The van der Waals surface area contributed by atoms with Crippen molar-refractivity contribution < 1.29 is 9.90 Å². The Kier molecular flexibility index (Phi) is 2.95. The van der Waals surface area contributed by atoms with Crippen LogP contribution >= 0.6 is 0 Å². The van der Waals surface area contributed by atoms with Crippen molar-refractivity contribution in [2.45, 2.75) is 19.4 Å². The fourth-order valence-corrected chi connectivity index (χ4v) is 1.91. The number of aromatic nitrogens is 2. The third-order valence-corrected chi connectivity index (χ3v) is 2.82. The van der Waals surface area contributed by atoms with Crippen LogP contribution in [0.5, 0.6) is 0 Å². The summed E-state index contributed by atoms with van der Waals surface area (Å²) >= 11 is 0. The van der Waals surface area contributed by atoms with E-state index in [1.165, 1.54) is 4.90 Å². The molecule has 0 spiro atoms. The molecule has 0 bridgehead atoms. The maximum Gasteiger partial charge on any atom is 0.407 e. The first-order valence-corrected chi connectivity index (χ1v) is 5.38. The summed E-state index contributed by atoms with van der Waals surface area (Å²) in [4.78, 5) is 12.3. The Balaban J connectivity index is 2.22. The molecule has 1 aliphatic heterocycles. The van der Waals surface area contributed by atoms with Crippen LogP contribution in [0.3, 0.4) is 0 Å². The number of carbonyl (C=O) groups is 1. The normalized spacial score (nSPS) is 19.9. The van der Waals surface area contributed by atoms with E-state index in [1.54, 1.807) is 12.1 Å². The van der Waals surface area contributed by atoms with Crippen molar-refractivity contribution >= 4 is 17.5 Å². The van der Waals surface area contributed by atoms with E-state index >= 15 is 0 Å². The monoisotopic (exact) mass is 234 g/mol. The molecule has 0 aliphatic carbocycles. The smallest absolute Gasteiger partial charge is 0.407 e. The van der Waals surface area contributed by atoms with E-state index in [0.717, 1.165) is 11.3 Å². The zero-order valence-electron chi connectivity index (χ0n) is 9.50. The molecule has 3 N–H and O–H groups in total. The molecule has 0 fully saturated rings. The second-order valence-corrected chi connectivity index (χ2v) is 4.00. The molecule has 6 nitrogen and oxygen atoms in total. The van der Waals surface area contributed by atoms with Crippen LogP contribution in [0.1, 0.15) is 19.0 Å². The van der Waals surface area contributed by atoms with Crippen molar-refractivity contribution in [3.05, 3.63) is 23.9 Å². The summed E-state index contributed by atoms with van der Waals surface area (Å²) in [6.45, 7) is 2.33. The molecule has 1 aliphatic rings. The lowest BCUT2D eigenvalue weighted by atomic mass is 10.0. The molecule has 0 radical (unpaired) electrons. The van der Waals surface area contributed by atoms with Crippen LogP contribution in [0.2, 0.25) is 0 Å². The van der Waals surface area contributed by atoms with Crippen LogP contribution < -0.4 is 5.73 Å². The molecule has 1 aromatic rings. The van der Waals surface area contributed by atoms with Gasteiger partial charge in [-0.1, -0.05) is 6.08 Å². The third kappa shape index (κ3) is 2.35. The molecule has 1 atom stereocenters. The van der Waals surface area contributed by atoms with Crippen LogP contribution in [0.15, 0.2) is 18.2 Å². The van der Waals surface area contributed by atoms with Crippen molar-refractivity contribution in [1.29, 1.82) is 0 Å². The first-order chi connectivity index (χ1) is 8.08. The molecule has 0 aromatic carbocycles. The van der Waals surface area contributed by atoms with Crippen LogP contribution in [-0.2, 0) is 0 Å². The highest BCUT2D eigenvalue weighted by Crippen LogP contribution is 2.23. The van der Waals surface area contributed by atoms with E-state index in [2.05, 4.69) is 10.2 Å². The first kappa shape index (κ1) is 11.4. The van der Waals surface area contributed by atoms with Gasteiger partial charge in [0.2, 0.25) is 0 Å². The lowest BCUT2D eigenvalue weighted by Gasteiger charge is -2.29. The van der Waals surface area contributed by atoms with E-state index in [0.29, 0.717) is 18.8 Å². The highest BCUT2D eigenvalue weighted by molar-refractivity contribution is 5.70. The Hall–Kier alpha value is -2.11. The fraction of sp³-hybridized carbons (Fsp3) is 0.364.